The van der Waals surface area contributed by atoms with Crippen molar-refractivity contribution >= 4 is 0 Å². The van der Waals surface area contributed by atoms with Crippen LogP contribution in [0.5, 0.6) is 17.2 Å². The van der Waals surface area contributed by atoms with Crippen LogP contribution in [-0.2, 0) is 0 Å². The van der Waals surface area contributed by atoms with Gasteiger partial charge in [-0.1, -0.05) is 36.8 Å². The van der Waals surface area contributed by atoms with E-state index < -0.39 is 0 Å². The zero-order valence-corrected chi connectivity index (χ0v) is 11.6. The molecule has 0 heterocycles. The van der Waals surface area contributed by atoms with Gasteiger partial charge in [0.15, 0.2) is 11.5 Å². The Morgan fingerprint density at radius 3 is 2.10 bits per heavy atom. The highest BCUT2D eigenvalue weighted by molar-refractivity contribution is 5.42. The van der Waals surface area contributed by atoms with Gasteiger partial charge in [-0.25, -0.2) is 0 Å². The third kappa shape index (κ3) is 3.32. The van der Waals surface area contributed by atoms with Gasteiger partial charge in [-0.3, -0.25) is 0 Å². The Balaban J connectivity index is 1.74. The van der Waals surface area contributed by atoms with E-state index in [-0.39, 0.29) is 0 Å². The molecule has 1 aliphatic carbocycles. The fraction of sp³-hybridized carbons (Fsp3) is 0.333. The molecule has 20 heavy (non-hydrogen) atoms. The van der Waals surface area contributed by atoms with Gasteiger partial charge in [0.25, 0.3) is 0 Å². The summed E-state index contributed by atoms with van der Waals surface area (Å²) in [5.41, 5.74) is 0. The third-order valence-electron chi connectivity index (χ3n) is 3.67. The standard InChI is InChI=1S/C18H20O2/c1-3-9-15(10-4-1)19-17-13-7-8-14-18(17)20-16-11-5-2-6-12-16/h1,3-4,7-10,13-14,16H,2,5-6,11-12H2. The van der Waals surface area contributed by atoms with Crippen molar-refractivity contribution in [2.75, 3.05) is 0 Å². The molecule has 0 aromatic heterocycles. The summed E-state index contributed by atoms with van der Waals surface area (Å²) >= 11 is 0. The van der Waals surface area contributed by atoms with Crippen LogP contribution in [0.15, 0.2) is 54.6 Å². The van der Waals surface area contributed by atoms with Crippen LogP contribution in [0.4, 0.5) is 0 Å². The van der Waals surface area contributed by atoms with E-state index in [1.165, 1.54) is 19.3 Å². The first-order chi connectivity index (χ1) is 9.92. The van der Waals surface area contributed by atoms with E-state index >= 15 is 0 Å². The van der Waals surface area contributed by atoms with E-state index in [1.807, 2.05) is 54.6 Å². The molecule has 0 N–H and O–H groups in total. The summed E-state index contributed by atoms with van der Waals surface area (Å²) in [6.45, 7) is 0. The lowest BCUT2D eigenvalue weighted by molar-refractivity contribution is 0.151. The van der Waals surface area contributed by atoms with Gasteiger partial charge in [0, 0.05) is 0 Å². The Morgan fingerprint density at radius 2 is 1.35 bits per heavy atom. The Kier molecular flexibility index (Phi) is 4.22. The topological polar surface area (TPSA) is 18.5 Å². The number of ether oxygens (including phenoxy) is 2. The van der Waals surface area contributed by atoms with E-state index in [0.717, 1.165) is 30.1 Å². The van der Waals surface area contributed by atoms with E-state index in [2.05, 4.69) is 0 Å². The molecular weight excluding hydrogens is 248 g/mol. The molecule has 2 heteroatoms. The van der Waals surface area contributed by atoms with Crippen LogP contribution in [0, 0.1) is 0 Å². The van der Waals surface area contributed by atoms with Crippen LogP contribution < -0.4 is 9.47 Å². The van der Waals surface area contributed by atoms with E-state index in [0.29, 0.717) is 6.10 Å². The highest BCUT2D eigenvalue weighted by Crippen LogP contribution is 2.33. The summed E-state index contributed by atoms with van der Waals surface area (Å²) in [4.78, 5) is 0. The van der Waals surface area contributed by atoms with Crippen LogP contribution in [0.3, 0.4) is 0 Å². The maximum atomic E-state index is 6.13. The molecule has 2 aromatic rings. The molecule has 0 radical (unpaired) electrons. The van der Waals surface area contributed by atoms with Crippen molar-refractivity contribution in [1.82, 2.24) is 0 Å². The normalized spacial score (nSPS) is 15.8. The molecule has 3 rings (SSSR count). The van der Waals surface area contributed by atoms with Crippen molar-refractivity contribution in [1.29, 1.82) is 0 Å². The number of rotatable bonds is 4. The van der Waals surface area contributed by atoms with Crippen molar-refractivity contribution in [3.63, 3.8) is 0 Å². The van der Waals surface area contributed by atoms with E-state index in [1.54, 1.807) is 0 Å². The first kappa shape index (κ1) is 13.0. The first-order valence-electron chi connectivity index (χ1n) is 7.40. The minimum absolute atomic E-state index is 0.337. The van der Waals surface area contributed by atoms with Crippen molar-refractivity contribution in [3.8, 4) is 17.2 Å². The smallest absolute Gasteiger partial charge is 0.169 e. The Bertz CT molecular complexity index is 530. The third-order valence-corrected chi connectivity index (χ3v) is 3.67. The maximum absolute atomic E-state index is 6.13. The van der Waals surface area contributed by atoms with Crippen molar-refractivity contribution in [2.45, 2.75) is 38.2 Å². The van der Waals surface area contributed by atoms with Gasteiger partial charge < -0.3 is 9.47 Å². The molecular formula is C18H20O2. The number of hydrogen-bond acceptors (Lipinski definition) is 2. The summed E-state index contributed by atoms with van der Waals surface area (Å²) < 4.78 is 12.1. The van der Waals surface area contributed by atoms with Gasteiger partial charge in [0.05, 0.1) is 6.10 Å². The van der Waals surface area contributed by atoms with Crippen LogP contribution in [0.25, 0.3) is 0 Å². The molecule has 1 aliphatic rings. The molecule has 0 atom stereocenters. The molecule has 2 nitrogen and oxygen atoms in total. The van der Waals surface area contributed by atoms with Gasteiger partial charge in [0.1, 0.15) is 5.75 Å². The van der Waals surface area contributed by atoms with Gasteiger partial charge in [-0.05, 0) is 49.9 Å². The lowest BCUT2D eigenvalue weighted by atomic mass is 9.98. The highest BCUT2D eigenvalue weighted by atomic mass is 16.5. The second-order valence-electron chi connectivity index (χ2n) is 5.24. The van der Waals surface area contributed by atoms with Crippen LogP contribution in [0.2, 0.25) is 0 Å². The maximum Gasteiger partial charge on any atom is 0.169 e. The molecule has 0 amide bonds. The van der Waals surface area contributed by atoms with Crippen LogP contribution >= 0.6 is 0 Å². The highest BCUT2D eigenvalue weighted by Gasteiger charge is 2.16. The minimum atomic E-state index is 0.337. The Labute approximate surface area is 120 Å². The van der Waals surface area contributed by atoms with Gasteiger partial charge >= 0.3 is 0 Å². The second kappa shape index (κ2) is 6.47. The Morgan fingerprint density at radius 1 is 0.700 bits per heavy atom. The molecule has 0 unspecified atom stereocenters. The largest absolute Gasteiger partial charge is 0.487 e. The minimum Gasteiger partial charge on any atom is -0.487 e. The van der Waals surface area contributed by atoms with E-state index in [4.69, 9.17) is 9.47 Å². The lowest BCUT2D eigenvalue weighted by Gasteiger charge is -2.24. The number of para-hydroxylation sites is 3. The predicted molar refractivity (Wildman–Crippen MR) is 80.5 cm³/mol. The average Bonchev–Trinajstić information content (AvgIpc) is 2.51. The number of benzene rings is 2. The van der Waals surface area contributed by atoms with Gasteiger partial charge in [0.2, 0.25) is 0 Å². The molecule has 1 fully saturated rings. The quantitative estimate of drug-likeness (QED) is 0.759. The monoisotopic (exact) mass is 268 g/mol. The van der Waals surface area contributed by atoms with Crippen molar-refractivity contribution in [3.05, 3.63) is 54.6 Å². The fourth-order valence-electron chi connectivity index (χ4n) is 2.61. The van der Waals surface area contributed by atoms with Gasteiger partial charge in [-0.15, -0.1) is 0 Å². The zero-order chi connectivity index (χ0) is 13.6. The molecule has 0 aliphatic heterocycles. The molecule has 0 bridgehead atoms. The molecule has 2 aromatic carbocycles. The first-order valence-corrected chi connectivity index (χ1v) is 7.40. The fourth-order valence-corrected chi connectivity index (χ4v) is 2.61. The summed E-state index contributed by atoms with van der Waals surface area (Å²) in [6, 6.07) is 17.8. The summed E-state index contributed by atoms with van der Waals surface area (Å²) in [5.74, 6) is 2.49. The molecule has 104 valence electrons. The number of hydrogen-bond donors (Lipinski definition) is 0. The SMILES string of the molecule is c1ccc(Oc2ccccc2OC2CCCCC2)cc1. The average molecular weight is 268 g/mol. The summed E-state index contributed by atoms with van der Waals surface area (Å²) in [6.07, 6.45) is 6.52. The second-order valence-corrected chi connectivity index (χ2v) is 5.24. The van der Waals surface area contributed by atoms with Crippen LogP contribution in [0.1, 0.15) is 32.1 Å². The predicted octanol–water partition coefficient (Wildman–Crippen LogP) is 5.19. The molecule has 0 saturated heterocycles. The van der Waals surface area contributed by atoms with Crippen LogP contribution in [-0.4, -0.2) is 6.10 Å². The summed E-state index contributed by atoms with van der Waals surface area (Å²) in [5, 5.41) is 0. The zero-order valence-electron chi connectivity index (χ0n) is 11.6. The van der Waals surface area contributed by atoms with E-state index in [9.17, 15) is 0 Å². The van der Waals surface area contributed by atoms with Gasteiger partial charge in [-0.2, -0.15) is 0 Å². The lowest BCUT2D eigenvalue weighted by Crippen LogP contribution is -2.19. The summed E-state index contributed by atoms with van der Waals surface area (Å²) in [7, 11) is 0. The van der Waals surface area contributed by atoms with Crippen molar-refractivity contribution < 1.29 is 9.47 Å². The molecule has 1 saturated carbocycles. The van der Waals surface area contributed by atoms with Crippen molar-refractivity contribution in [2.24, 2.45) is 0 Å². The molecule has 0 spiro atoms. The Hall–Kier alpha value is -1.96.